The number of ether oxygens (including phenoxy) is 2. The van der Waals surface area contributed by atoms with Gasteiger partial charge in [0.25, 0.3) is 0 Å². The lowest BCUT2D eigenvalue weighted by molar-refractivity contribution is -0.118. The van der Waals surface area contributed by atoms with Gasteiger partial charge in [-0.1, -0.05) is 48.0 Å². The van der Waals surface area contributed by atoms with Gasteiger partial charge in [-0.15, -0.1) is 0 Å². The number of benzene rings is 3. The van der Waals surface area contributed by atoms with Crippen LogP contribution in [-0.2, 0) is 17.9 Å². The van der Waals surface area contributed by atoms with Crippen molar-refractivity contribution in [3.05, 3.63) is 82.1 Å². The van der Waals surface area contributed by atoms with Crippen LogP contribution in [0.15, 0.2) is 65.1 Å². The normalized spacial score (nSPS) is 10.7. The fourth-order valence-corrected chi connectivity index (χ4v) is 3.37. The monoisotopic (exact) mass is 500 g/mol. The lowest BCUT2D eigenvalue weighted by Crippen LogP contribution is -2.17. The second-order valence-corrected chi connectivity index (χ2v) is 8.40. The average Bonchev–Trinajstić information content (AvgIpc) is 2.78. The summed E-state index contributed by atoms with van der Waals surface area (Å²) in [4.78, 5) is 11.8. The van der Waals surface area contributed by atoms with Crippen LogP contribution >= 0.6 is 15.9 Å². The van der Waals surface area contributed by atoms with Crippen LogP contribution in [0.4, 0.5) is 15.8 Å². The Morgan fingerprint density at radius 2 is 1.69 bits per heavy atom. The van der Waals surface area contributed by atoms with Gasteiger partial charge in [0, 0.05) is 33.9 Å². The molecule has 0 spiro atoms. The van der Waals surface area contributed by atoms with Crippen LogP contribution in [0, 0.1) is 11.7 Å². The molecule has 3 rings (SSSR count). The number of rotatable bonds is 9. The predicted octanol–water partition coefficient (Wildman–Crippen LogP) is 6.38. The molecule has 7 heteroatoms. The van der Waals surface area contributed by atoms with Gasteiger partial charge >= 0.3 is 0 Å². The summed E-state index contributed by atoms with van der Waals surface area (Å²) in [5, 5.41) is 6.22. The van der Waals surface area contributed by atoms with E-state index in [9.17, 15) is 9.18 Å². The van der Waals surface area contributed by atoms with Crippen molar-refractivity contribution >= 4 is 33.2 Å². The highest BCUT2D eigenvalue weighted by Crippen LogP contribution is 2.34. The van der Waals surface area contributed by atoms with E-state index in [1.165, 1.54) is 6.07 Å². The van der Waals surface area contributed by atoms with Gasteiger partial charge in [0.2, 0.25) is 5.91 Å². The van der Waals surface area contributed by atoms with E-state index in [1.54, 1.807) is 25.3 Å². The van der Waals surface area contributed by atoms with E-state index >= 15 is 0 Å². The number of hydrogen-bond acceptors (Lipinski definition) is 4. The van der Waals surface area contributed by atoms with Crippen LogP contribution in [0.2, 0.25) is 0 Å². The molecule has 0 radical (unpaired) electrons. The first kappa shape index (κ1) is 23.6. The molecule has 1 amide bonds. The maximum Gasteiger partial charge on any atom is 0.226 e. The van der Waals surface area contributed by atoms with Crippen LogP contribution in [-0.4, -0.2) is 13.0 Å². The first-order valence-corrected chi connectivity index (χ1v) is 11.0. The third-order valence-corrected chi connectivity index (χ3v) is 5.57. The van der Waals surface area contributed by atoms with Gasteiger partial charge in [-0.2, -0.15) is 0 Å². The summed E-state index contributed by atoms with van der Waals surface area (Å²) >= 11 is 3.58. The zero-order chi connectivity index (χ0) is 23.1. The predicted molar refractivity (Wildman–Crippen MR) is 129 cm³/mol. The molecule has 2 N–H and O–H groups in total. The van der Waals surface area contributed by atoms with Crippen molar-refractivity contribution < 1.29 is 18.7 Å². The Balaban J connectivity index is 1.64. The molecule has 168 valence electrons. The smallest absolute Gasteiger partial charge is 0.226 e. The van der Waals surface area contributed by atoms with Crippen LogP contribution in [0.5, 0.6) is 11.5 Å². The SMILES string of the molecule is COc1cc(CNc2ccc(NC(=O)C(C)C)cc2)c(Br)cc1OCc1ccccc1F. The van der Waals surface area contributed by atoms with Crippen molar-refractivity contribution in [1.29, 1.82) is 0 Å². The first-order chi connectivity index (χ1) is 15.4. The Bertz CT molecular complexity index is 1070. The number of methoxy groups -OCH3 is 1. The molecule has 0 atom stereocenters. The molecule has 0 bridgehead atoms. The summed E-state index contributed by atoms with van der Waals surface area (Å²) in [5.74, 6) is 0.698. The topological polar surface area (TPSA) is 59.6 Å². The number of hydrogen-bond donors (Lipinski definition) is 2. The lowest BCUT2D eigenvalue weighted by Gasteiger charge is -2.15. The minimum absolute atomic E-state index is 0.0148. The Hall–Kier alpha value is -3.06. The van der Waals surface area contributed by atoms with Crippen molar-refractivity contribution in [2.75, 3.05) is 17.7 Å². The van der Waals surface area contributed by atoms with E-state index in [2.05, 4.69) is 26.6 Å². The first-order valence-electron chi connectivity index (χ1n) is 10.2. The summed E-state index contributed by atoms with van der Waals surface area (Å²) in [6.45, 7) is 4.36. The Morgan fingerprint density at radius 3 is 2.34 bits per heavy atom. The van der Waals surface area contributed by atoms with Crippen molar-refractivity contribution in [1.82, 2.24) is 0 Å². The number of carbonyl (C=O) groups is 1. The van der Waals surface area contributed by atoms with Gasteiger partial charge < -0.3 is 20.1 Å². The number of anilines is 2. The molecule has 3 aromatic carbocycles. The lowest BCUT2D eigenvalue weighted by atomic mass is 10.1. The van der Waals surface area contributed by atoms with Crippen LogP contribution < -0.4 is 20.1 Å². The number of carbonyl (C=O) groups excluding carboxylic acids is 1. The zero-order valence-corrected chi connectivity index (χ0v) is 19.8. The summed E-state index contributed by atoms with van der Waals surface area (Å²) in [5.41, 5.74) is 3.12. The van der Waals surface area contributed by atoms with Crippen LogP contribution in [0.3, 0.4) is 0 Å². The van der Waals surface area contributed by atoms with Crippen LogP contribution in [0.25, 0.3) is 0 Å². The van der Waals surface area contributed by atoms with E-state index in [4.69, 9.17) is 9.47 Å². The molecular formula is C25H26BrFN2O3. The maximum atomic E-state index is 13.9. The molecule has 3 aromatic rings. The number of halogens is 2. The van der Waals surface area contributed by atoms with Gasteiger partial charge in [0.15, 0.2) is 11.5 Å². The van der Waals surface area contributed by atoms with E-state index < -0.39 is 0 Å². The summed E-state index contributed by atoms with van der Waals surface area (Å²) in [7, 11) is 1.57. The quantitative estimate of drug-likeness (QED) is 0.357. The van der Waals surface area contributed by atoms with Gasteiger partial charge in [-0.3, -0.25) is 4.79 Å². The third-order valence-electron chi connectivity index (χ3n) is 4.83. The molecule has 0 aliphatic rings. The molecular weight excluding hydrogens is 475 g/mol. The second kappa shape index (κ2) is 11.0. The summed E-state index contributed by atoms with van der Waals surface area (Å²) in [6.07, 6.45) is 0. The molecule has 0 aliphatic carbocycles. The molecule has 0 aliphatic heterocycles. The Kier molecular flexibility index (Phi) is 8.11. The molecule has 0 fully saturated rings. The minimum Gasteiger partial charge on any atom is -0.493 e. The number of nitrogens with one attached hydrogen (secondary N) is 2. The second-order valence-electron chi connectivity index (χ2n) is 7.55. The molecule has 5 nitrogen and oxygen atoms in total. The van der Waals surface area contributed by atoms with E-state index in [0.717, 1.165) is 21.4 Å². The van der Waals surface area contributed by atoms with Gasteiger partial charge in [-0.05, 0) is 48.0 Å². The number of amides is 1. The van der Waals surface area contributed by atoms with Gasteiger partial charge in [-0.25, -0.2) is 4.39 Å². The third kappa shape index (κ3) is 6.23. The largest absolute Gasteiger partial charge is 0.493 e. The van der Waals surface area contributed by atoms with Crippen molar-refractivity contribution in [3.8, 4) is 11.5 Å². The maximum absolute atomic E-state index is 13.9. The molecule has 0 saturated heterocycles. The highest BCUT2D eigenvalue weighted by atomic mass is 79.9. The fourth-order valence-electron chi connectivity index (χ4n) is 2.91. The van der Waals surface area contributed by atoms with Gasteiger partial charge in [0.05, 0.1) is 7.11 Å². The highest BCUT2D eigenvalue weighted by molar-refractivity contribution is 9.10. The van der Waals surface area contributed by atoms with E-state index in [0.29, 0.717) is 23.6 Å². The highest BCUT2D eigenvalue weighted by Gasteiger charge is 2.12. The molecule has 32 heavy (non-hydrogen) atoms. The minimum atomic E-state index is -0.304. The van der Waals surface area contributed by atoms with Crippen molar-refractivity contribution in [3.63, 3.8) is 0 Å². The Labute approximate surface area is 196 Å². The van der Waals surface area contributed by atoms with Gasteiger partial charge in [0.1, 0.15) is 12.4 Å². The van der Waals surface area contributed by atoms with E-state index in [-0.39, 0.29) is 24.2 Å². The standard InChI is InChI=1S/C25H26BrFN2O3/c1-16(2)25(30)29-20-10-8-19(9-11-20)28-14-18-12-23(31-3)24(13-21(18)26)32-15-17-6-4-5-7-22(17)27/h4-13,16,28H,14-15H2,1-3H3,(H,29,30). The molecule has 0 saturated carbocycles. The Morgan fingerprint density at radius 1 is 1.00 bits per heavy atom. The van der Waals surface area contributed by atoms with E-state index in [1.807, 2.05) is 50.2 Å². The fraction of sp³-hybridized carbons (Fsp3) is 0.240. The zero-order valence-electron chi connectivity index (χ0n) is 18.2. The summed E-state index contributed by atoms with van der Waals surface area (Å²) in [6, 6.07) is 17.8. The molecule has 0 heterocycles. The van der Waals surface area contributed by atoms with Crippen molar-refractivity contribution in [2.45, 2.75) is 27.0 Å². The summed E-state index contributed by atoms with van der Waals surface area (Å²) < 4.78 is 26.0. The average molecular weight is 501 g/mol. The van der Waals surface area contributed by atoms with Crippen LogP contribution in [0.1, 0.15) is 25.0 Å². The van der Waals surface area contributed by atoms with Crippen molar-refractivity contribution in [2.24, 2.45) is 5.92 Å². The molecule has 0 aromatic heterocycles. The molecule has 0 unspecified atom stereocenters.